The minimum atomic E-state index is 0. The van der Waals surface area contributed by atoms with E-state index >= 15 is 0 Å². The van der Waals surface area contributed by atoms with Crippen molar-refractivity contribution in [1.29, 1.82) is 0 Å². The molecule has 0 unspecified atom stereocenters. The van der Waals surface area contributed by atoms with Gasteiger partial charge < -0.3 is 9.80 Å². The molecule has 1 heterocycles. The van der Waals surface area contributed by atoms with Crippen molar-refractivity contribution in [3.8, 4) is 0 Å². The maximum absolute atomic E-state index is 2.48. The summed E-state index contributed by atoms with van der Waals surface area (Å²) in [6, 6.07) is 1.45. The first-order valence-corrected chi connectivity index (χ1v) is 6.46. The van der Waals surface area contributed by atoms with E-state index in [0.29, 0.717) is 0 Å². The summed E-state index contributed by atoms with van der Waals surface area (Å²) >= 11 is 0. The van der Waals surface area contributed by atoms with Gasteiger partial charge in [0.25, 0.3) is 0 Å². The molecule has 0 bridgehead atoms. The van der Waals surface area contributed by atoms with Crippen molar-refractivity contribution in [3.05, 3.63) is 12.4 Å². The van der Waals surface area contributed by atoms with Crippen LogP contribution in [0.15, 0.2) is 12.4 Å². The van der Waals surface area contributed by atoms with Crippen LogP contribution < -0.4 is 0 Å². The molecule has 0 saturated heterocycles. The molecule has 16 heavy (non-hydrogen) atoms. The van der Waals surface area contributed by atoms with E-state index in [1.54, 1.807) is 0 Å². The van der Waals surface area contributed by atoms with Gasteiger partial charge in [0, 0.05) is 24.5 Å². The van der Waals surface area contributed by atoms with Crippen LogP contribution in [0.3, 0.4) is 0 Å². The predicted molar refractivity (Wildman–Crippen MR) is 76.7 cm³/mol. The summed E-state index contributed by atoms with van der Waals surface area (Å²) in [6.45, 7) is 10.2. The summed E-state index contributed by atoms with van der Waals surface area (Å²) in [5.41, 5.74) is 0. The first-order valence-electron chi connectivity index (χ1n) is 6.46. The van der Waals surface area contributed by atoms with Gasteiger partial charge >= 0.3 is 0 Å². The van der Waals surface area contributed by atoms with Crippen LogP contribution in [0.2, 0.25) is 0 Å². The van der Waals surface area contributed by atoms with E-state index in [1.165, 1.54) is 25.7 Å². The molecule has 0 aliphatic carbocycles. The number of hydrogen-bond acceptors (Lipinski definition) is 2. The number of rotatable bonds is 6. The third kappa shape index (κ3) is 3.69. The Balaban J connectivity index is 0.00000225. The van der Waals surface area contributed by atoms with Gasteiger partial charge in [-0.2, -0.15) is 0 Å². The minimum absolute atomic E-state index is 0. The first-order chi connectivity index (χ1) is 7.26. The molecular formula is C13H27BrN2. The zero-order valence-corrected chi connectivity index (χ0v) is 12.9. The smallest absolute Gasteiger partial charge is 0.0899 e. The highest BCUT2D eigenvalue weighted by Crippen LogP contribution is 2.19. The number of nitrogens with zero attached hydrogens (tertiary/aromatic N) is 2. The summed E-state index contributed by atoms with van der Waals surface area (Å²) in [4.78, 5) is 4.97. The van der Waals surface area contributed by atoms with E-state index in [2.05, 4.69) is 49.9 Å². The van der Waals surface area contributed by atoms with Gasteiger partial charge in [-0.25, -0.2) is 0 Å². The van der Waals surface area contributed by atoms with Crippen LogP contribution in [-0.4, -0.2) is 28.6 Å². The maximum atomic E-state index is 2.48. The monoisotopic (exact) mass is 290 g/mol. The topological polar surface area (TPSA) is 6.48 Å². The lowest BCUT2D eigenvalue weighted by Crippen LogP contribution is -2.37. The zero-order valence-electron chi connectivity index (χ0n) is 11.1. The van der Waals surface area contributed by atoms with E-state index in [-0.39, 0.29) is 17.0 Å². The van der Waals surface area contributed by atoms with Crippen molar-refractivity contribution in [1.82, 2.24) is 9.80 Å². The molecule has 1 aliphatic heterocycles. The molecule has 0 aromatic heterocycles. The average molecular weight is 291 g/mol. The fraction of sp³-hybridized carbons (Fsp3) is 0.846. The molecule has 3 heteroatoms. The van der Waals surface area contributed by atoms with Gasteiger partial charge in [-0.3, -0.25) is 0 Å². The highest BCUT2D eigenvalue weighted by molar-refractivity contribution is 8.93. The van der Waals surface area contributed by atoms with Gasteiger partial charge in [0.1, 0.15) is 0 Å². The van der Waals surface area contributed by atoms with Gasteiger partial charge in [-0.05, 0) is 25.7 Å². The Labute approximate surface area is 111 Å². The van der Waals surface area contributed by atoms with Crippen molar-refractivity contribution in [2.45, 2.75) is 65.5 Å². The molecule has 0 amide bonds. The molecule has 0 aromatic carbocycles. The number of halogens is 1. The van der Waals surface area contributed by atoms with Gasteiger partial charge in [0.15, 0.2) is 0 Å². The largest absolute Gasteiger partial charge is 0.356 e. The normalized spacial score (nSPS) is 15.1. The Hall–Kier alpha value is -0.180. The molecular weight excluding hydrogens is 264 g/mol. The molecule has 0 N–H and O–H groups in total. The summed E-state index contributed by atoms with van der Waals surface area (Å²) in [5, 5.41) is 0. The van der Waals surface area contributed by atoms with Gasteiger partial charge in [-0.15, -0.1) is 17.0 Å². The van der Waals surface area contributed by atoms with Crippen LogP contribution >= 0.6 is 17.0 Å². The lowest BCUT2D eigenvalue weighted by Gasteiger charge is -2.31. The van der Waals surface area contributed by atoms with Crippen molar-refractivity contribution in [3.63, 3.8) is 0 Å². The van der Waals surface area contributed by atoms with Crippen LogP contribution in [0.25, 0.3) is 0 Å². The summed E-state index contributed by atoms with van der Waals surface area (Å²) in [5.74, 6) is 0. The van der Waals surface area contributed by atoms with Crippen LogP contribution in [0.4, 0.5) is 0 Å². The van der Waals surface area contributed by atoms with Gasteiger partial charge in [0.05, 0.1) is 6.67 Å². The third-order valence-corrected chi connectivity index (χ3v) is 3.60. The molecule has 0 spiro atoms. The minimum Gasteiger partial charge on any atom is -0.356 e. The Kier molecular flexibility index (Phi) is 7.90. The second-order valence-corrected chi connectivity index (χ2v) is 4.41. The van der Waals surface area contributed by atoms with Crippen molar-refractivity contribution in [2.75, 3.05) is 6.67 Å². The quantitative estimate of drug-likeness (QED) is 0.730. The molecule has 1 rings (SSSR count). The molecule has 0 aromatic rings. The summed E-state index contributed by atoms with van der Waals surface area (Å²) in [7, 11) is 0. The molecule has 0 radical (unpaired) electrons. The second-order valence-electron chi connectivity index (χ2n) is 4.41. The lowest BCUT2D eigenvalue weighted by atomic mass is 10.1. The van der Waals surface area contributed by atoms with Crippen molar-refractivity contribution >= 4 is 17.0 Å². The average Bonchev–Trinajstić information content (AvgIpc) is 2.71. The Morgan fingerprint density at radius 2 is 1.12 bits per heavy atom. The van der Waals surface area contributed by atoms with Gasteiger partial charge in [-0.1, -0.05) is 27.7 Å². The second kappa shape index (κ2) is 7.99. The standard InChI is InChI=1S/C13H26N2.BrH/c1-5-12(6-2)14-9-10-15(11-14)13(7-3)8-4;/h9-10,12-13H,5-8,11H2,1-4H3;1H. The van der Waals surface area contributed by atoms with Crippen molar-refractivity contribution < 1.29 is 0 Å². The summed E-state index contributed by atoms with van der Waals surface area (Å²) in [6.07, 6.45) is 9.54. The third-order valence-electron chi connectivity index (χ3n) is 3.60. The lowest BCUT2D eigenvalue weighted by molar-refractivity contribution is 0.164. The van der Waals surface area contributed by atoms with E-state index in [9.17, 15) is 0 Å². The Morgan fingerprint density at radius 3 is 1.38 bits per heavy atom. The highest BCUT2D eigenvalue weighted by Gasteiger charge is 2.21. The maximum Gasteiger partial charge on any atom is 0.0899 e. The molecule has 0 fully saturated rings. The van der Waals surface area contributed by atoms with E-state index in [1.807, 2.05) is 0 Å². The van der Waals surface area contributed by atoms with Crippen LogP contribution in [-0.2, 0) is 0 Å². The number of hydrogen-bond donors (Lipinski definition) is 0. The highest BCUT2D eigenvalue weighted by atomic mass is 79.9. The zero-order chi connectivity index (χ0) is 11.3. The van der Waals surface area contributed by atoms with Crippen molar-refractivity contribution in [2.24, 2.45) is 0 Å². The predicted octanol–water partition coefficient (Wildman–Crippen LogP) is 3.99. The van der Waals surface area contributed by atoms with Gasteiger partial charge in [0.2, 0.25) is 0 Å². The molecule has 1 aliphatic rings. The fourth-order valence-corrected chi connectivity index (χ4v) is 2.44. The van der Waals surface area contributed by atoms with E-state index < -0.39 is 0 Å². The van der Waals surface area contributed by atoms with Crippen LogP contribution in [0.1, 0.15) is 53.4 Å². The van der Waals surface area contributed by atoms with Crippen LogP contribution in [0, 0.1) is 0 Å². The van der Waals surface area contributed by atoms with E-state index in [4.69, 9.17) is 0 Å². The molecule has 0 saturated carbocycles. The molecule has 2 nitrogen and oxygen atoms in total. The first kappa shape index (κ1) is 15.8. The fourth-order valence-electron chi connectivity index (χ4n) is 2.44. The summed E-state index contributed by atoms with van der Waals surface area (Å²) < 4.78 is 0. The SMILES string of the molecule is Br.CCC(CC)N1C=CN(C(CC)CC)C1. The molecule has 96 valence electrons. The van der Waals surface area contributed by atoms with E-state index in [0.717, 1.165) is 18.8 Å². The Bertz CT molecular complexity index is 178. The molecule has 0 atom stereocenters. The Morgan fingerprint density at radius 1 is 0.812 bits per heavy atom. The van der Waals surface area contributed by atoms with Crippen LogP contribution in [0.5, 0.6) is 0 Å².